The van der Waals surface area contributed by atoms with E-state index < -0.39 is 0 Å². The highest BCUT2D eigenvalue weighted by Crippen LogP contribution is 2.39. The zero-order valence-electron chi connectivity index (χ0n) is 13.7. The van der Waals surface area contributed by atoms with Gasteiger partial charge in [-0.3, -0.25) is 4.79 Å². The topological polar surface area (TPSA) is 68.8 Å². The second-order valence-electron chi connectivity index (χ2n) is 4.82. The summed E-state index contributed by atoms with van der Waals surface area (Å²) < 4.78 is 15.8. The Balaban J connectivity index is 2.04. The number of halogens is 1. The highest BCUT2D eigenvalue weighted by molar-refractivity contribution is 6.30. The number of rotatable bonds is 7. The zero-order valence-corrected chi connectivity index (χ0v) is 14.4. The second kappa shape index (κ2) is 8.31. The Morgan fingerprint density at radius 3 is 2.04 bits per heavy atom. The number of carbonyl (C=O) groups is 1. The molecule has 0 radical (unpaired) electrons. The Bertz CT molecular complexity index is 679. The van der Waals surface area contributed by atoms with Gasteiger partial charge in [-0.15, -0.1) is 0 Å². The van der Waals surface area contributed by atoms with Crippen LogP contribution in [0.25, 0.3) is 0 Å². The maximum atomic E-state index is 12.1. The molecule has 0 aliphatic heterocycles. The average molecular weight is 351 g/mol. The number of methoxy groups -OCH3 is 3. The van der Waals surface area contributed by atoms with Crippen LogP contribution < -0.4 is 24.8 Å². The lowest BCUT2D eigenvalue weighted by molar-refractivity contribution is -0.114. The van der Waals surface area contributed by atoms with Gasteiger partial charge >= 0.3 is 0 Å². The summed E-state index contributed by atoms with van der Waals surface area (Å²) in [5.74, 6) is 1.20. The minimum Gasteiger partial charge on any atom is -0.493 e. The lowest BCUT2D eigenvalue weighted by Crippen LogP contribution is -2.21. The van der Waals surface area contributed by atoms with Crippen LogP contribution in [0, 0.1) is 0 Å². The van der Waals surface area contributed by atoms with Gasteiger partial charge in [-0.25, -0.2) is 0 Å². The minimum absolute atomic E-state index is 0.109. The van der Waals surface area contributed by atoms with Gasteiger partial charge in [0, 0.05) is 28.5 Å². The number of hydrogen-bond acceptors (Lipinski definition) is 5. The molecule has 0 saturated carbocycles. The fraction of sp³-hybridized carbons (Fsp3) is 0.235. The third kappa shape index (κ3) is 4.45. The van der Waals surface area contributed by atoms with E-state index in [9.17, 15) is 4.79 Å². The van der Waals surface area contributed by atoms with Gasteiger partial charge in [0.2, 0.25) is 11.7 Å². The molecular formula is C17H19ClN2O4. The first kappa shape index (κ1) is 17.7. The Hall–Kier alpha value is -2.60. The van der Waals surface area contributed by atoms with Crippen LogP contribution in [0.4, 0.5) is 11.4 Å². The average Bonchev–Trinajstić information content (AvgIpc) is 2.60. The third-order valence-corrected chi connectivity index (χ3v) is 3.50. The summed E-state index contributed by atoms with van der Waals surface area (Å²) in [7, 11) is 4.56. The second-order valence-corrected chi connectivity index (χ2v) is 5.26. The molecule has 0 fully saturated rings. The Morgan fingerprint density at radius 1 is 0.958 bits per heavy atom. The van der Waals surface area contributed by atoms with Crippen molar-refractivity contribution in [2.75, 3.05) is 38.5 Å². The molecular weight excluding hydrogens is 332 g/mol. The van der Waals surface area contributed by atoms with E-state index in [0.717, 1.165) is 5.69 Å². The molecule has 1 amide bonds. The fourth-order valence-electron chi connectivity index (χ4n) is 2.11. The van der Waals surface area contributed by atoms with Gasteiger partial charge < -0.3 is 24.8 Å². The van der Waals surface area contributed by atoms with Crippen LogP contribution in [-0.4, -0.2) is 33.8 Å². The van der Waals surface area contributed by atoms with E-state index in [1.54, 1.807) is 36.4 Å². The summed E-state index contributed by atoms with van der Waals surface area (Å²) in [6.45, 7) is 0.109. The highest BCUT2D eigenvalue weighted by atomic mass is 35.5. The van der Waals surface area contributed by atoms with Gasteiger partial charge in [0.25, 0.3) is 0 Å². The van der Waals surface area contributed by atoms with E-state index in [2.05, 4.69) is 10.6 Å². The normalized spacial score (nSPS) is 10.0. The lowest BCUT2D eigenvalue weighted by atomic mass is 10.2. The van der Waals surface area contributed by atoms with Crippen molar-refractivity contribution in [3.8, 4) is 17.2 Å². The highest BCUT2D eigenvalue weighted by Gasteiger charge is 2.14. The van der Waals surface area contributed by atoms with Crippen LogP contribution in [0.15, 0.2) is 36.4 Å². The standard InChI is InChI=1S/C17H19ClN2O4/c1-22-14-8-13(9-15(23-2)17(14)24-3)20-16(21)10-19-12-6-4-11(18)5-7-12/h4-9,19H,10H2,1-3H3,(H,20,21). The molecule has 0 bridgehead atoms. The summed E-state index contributed by atoms with van der Waals surface area (Å²) in [5.41, 5.74) is 1.35. The van der Waals surface area contributed by atoms with Crippen LogP contribution in [0.5, 0.6) is 17.2 Å². The van der Waals surface area contributed by atoms with Crippen molar-refractivity contribution < 1.29 is 19.0 Å². The Labute approximate surface area is 145 Å². The van der Waals surface area contributed by atoms with Gasteiger partial charge in [-0.2, -0.15) is 0 Å². The molecule has 2 aromatic rings. The van der Waals surface area contributed by atoms with E-state index >= 15 is 0 Å². The first-order valence-electron chi connectivity index (χ1n) is 7.16. The molecule has 0 aliphatic carbocycles. The van der Waals surface area contributed by atoms with Crippen molar-refractivity contribution in [2.45, 2.75) is 0 Å². The van der Waals surface area contributed by atoms with Crippen molar-refractivity contribution in [1.29, 1.82) is 0 Å². The molecule has 0 saturated heterocycles. The zero-order chi connectivity index (χ0) is 17.5. The first-order valence-corrected chi connectivity index (χ1v) is 7.54. The van der Waals surface area contributed by atoms with Gasteiger partial charge in [0.15, 0.2) is 11.5 Å². The SMILES string of the molecule is COc1cc(NC(=O)CNc2ccc(Cl)cc2)cc(OC)c1OC. The fourth-order valence-corrected chi connectivity index (χ4v) is 2.23. The van der Waals surface area contributed by atoms with E-state index in [0.29, 0.717) is 28.0 Å². The van der Waals surface area contributed by atoms with Gasteiger partial charge in [-0.1, -0.05) is 11.6 Å². The molecule has 0 heterocycles. The predicted molar refractivity (Wildman–Crippen MR) is 94.7 cm³/mol. The molecule has 0 spiro atoms. The largest absolute Gasteiger partial charge is 0.493 e. The summed E-state index contributed by atoms with van der Waals surface area (Å²) in [6, 6.07) is 10.4. The Morgan fingerprint density at radius 2 is 1.54 bits per heavy atom. The minimum atomic E-state index is -0.209. The summed E-state index contributed by atoms with van der Waals surface area (Å²) >= 11 is 5.82. The van der Waals surface area contributed by atoms with Crippen LogP contribution in [0.2, 0.25) is 5.02 Å². The number of carbonyl (C=O) groups excluding carboxylic acids is 1. The van der Waals surface area contributed by atoms with Crippen LogP contribution in [0.3, 0.4) is 0 Å². The van der Waals surface area contributed by atoms with Gasteiger partial charge in [0.1, 0.15) is 0 Å². The maximum absolute atomic E-state index is 12.1. The molecule has 7 heteroatoms. The van der Waals surface area contributed by atoms with Crippen molar-refractivity contribution >= 4 is 28.9 Å². The molecule has 0 unspecified atom stereocenters. The molecule has 6 nitrogen and oxygen atoms in total. The van der Waals surface area contributed by atoms with Crippen molar-refractivity contribution in [3.63, 3.8) is 0 Å². The number of ether oxygens (including phenoxy) is 3. The monoisotopic (exact) mass is 350 g/mol. The van der Waals surface area contributed by atoms with Gasteiger partial charge in [0.05, 0.1) is 27.9 Å². The lowest BCUT2D eigenvalue weighted by Gasteiger charge is -2.15. The smallest absolute Gasteiger partial charge is 0.243 e. The molecule has 2 N–H and O–H groups in total. The summed E-state index contributed by atoms with van der Waals surface area (Å²) in [6.07, 6.45) is 0. The quantitative estimate of drug-likeness (QED) is 0.800. The van der Waals surface area contributed by atoms with E-state index in [-0.39, 0.29) is 12.5 Å². The van der Waals surface area contributed by atoms with Crippen LogP contribution in [0.1, 0.15) is 0 Å². The number of hydrogen-bond donors (Lipinski definition) is 2. The molecule has 24 heavy (non-hydrogen) atoms. The molecule has 0 atom stereocenters. The van der Waals surface area contributed by atoms with Crippen molar-refractivity contribution in [3.05, 3.63) is 41.4 Å². The molecule has 0 aliphatic rings. The van der Waals surface area contributed by atoms with E-state index in [4.69, 9.17) is 25.8 Å². The third-order valence-electron chi connectivity index (χ3n) is 3.25. The van der Waals surface area contributed by atoms with E-state index in [1.807, 2.05) is 0 Å². The van der Waals surface area contributed by atoms with Crippen molar-refractivity contribution in [2.24, 2.45) is 0 Å². The first-order chi connectivity index (χ1) is 11.6. The number of nitrogens with one attached hydrogen (secondary N) is 2. The summed E-state index contributed by atoms with van der Waals surface area (Å²) in [5, 5.41) is 6.44. The molecule has 2 aromatic carbocycles. The summed E-state index contributed by atoms with van der Waals surface area (Å²) in [4.78, 5) is 12.1. The van der Waals surface area contributed by atoms with Crippen molar-refractivity contribution in [1.82, 2.24) is 0 Å². The molecule has 2 rings (SSSR count). The maximum Gasteiger partial charge on any atom is 0.243 e. The predicted octanol–water partition coefficient (Wildman–Crippen LogP) is 3.42. The molecule has 128 valence electrons. The number of amides is 1. The number of benzene rings is 2. The van der Waals surface area contributed by atoms with E-state index in [1.165, 1.54) is 21.3 Å². The van der Waals surface area contributed by atoms with Crippen LogP contribution in [-0.2, 0) is 4.79 Å². The number of anilines is 2. The van der Waals surface area contributed by atoms with Crippen LogP contribution >= 0.6 is 11.6 Å². The molecule has 0 aromatic heterocycles. The Kier molecular flexibility index (Phi) is 6.14. The van der Waals surface area contributed by atoms with Gasteiger partial charge in [-0.05, 0) is 24.3 Å².